The van der Waals surface area contributed by atoms with Gasteiger partial charge >= 0.3 is 11.9 Å². The van der Waals surface area contributed by atoms with Gasteiger partial charge in [0.05, 0.1) is 11.1 Å². The van der Waals surface area contributed by atoms with Gasteiger partial charge in [0, 0.05) is 23.4 Å². The summed E-state index contributed by atoms with van der Waals surface area (Å²) >= 11 is 0. The van der Waals surface area contributed by atoms with Crippen LogP contribution in [0.5, 0.6) is 0 Å². The van der Waals surface area contributed by atoms with Gasteiger partial charge in [0.25, 0.3) is 0 Å². The molecule has 1 aromatic rings. The minimum atomic E-state index is -1.04. The van der Waals surface area contributed by atoms with Gasteiger partial charge in [-0.1, -0.05) is 37.3 Å². The zero-order chi connectivity index (χ0) is 19.5. The zero-order valence-electron chi connectivity index (χ0n) is 15.9. The number of nitrogens with zero attached hydrogens (tertiary/aromatic N) is 1. The van der Waals surface area contributed by atoms with Gasteiger partial charge in [-0.25, -0.2) is 9.59 Å². The molecule has 2 rings (SSSR count). The lowest BCUT2D eigenvalue weighted by atomic mass is 9.65. The topological polar surface area (TPSA) is 77.8 Å². The molecule has 26 heavy (non-hydrogen) atoms. The molecule has 2 N–H and O–H groups in total. The molecule has 5 heteroatoms. The highest BCUT2D eigenvalue weighted by atomic mass is 16.4. The van der Waals surface area contributed by atoms with Crippen molar-refractivity contribution >= 4 is 11.9 Å². The molecule has 0 amide bonds. The van der Waals surface area contributed by atoms with Crippen LogP contribution in [0.15, 0.2) is 52.9 Å². The Morgan fingerprint density at radius 2 is 1.46 bits per heavy atom. The van der Waals surface area contributed by atoms with Gasteiger partial charge in [0.1, 0.15) is 0 Å². The Morgan fingerprint density at radius 1 is 0.962 bits per heavy atom. The summed E-state index contributed by atoms with van der Waals surface area (Å²) in [5.74, 6) is -2.08. The quantitative estimate of drug-likeness (QED) is 0.769. The molecule has 1 heterocycles. The van der Waals surface area contributed by atoms with Gasteiger partial charge < -0.3 is 15.1 Å². The van der Waals surface area contributed by atoms with Gasteiger partial charge in [-0.05, 0) is 45.6 Å². The average Bonchev–Trinajstić information content (AvgIpc) is 2.60. The summed E-state index contributed by atoms with van der Waals surface area (Å²) in [5, 5.41) is 19.9. The van der Waals surface area contributed by atoms with Crippen molar-refractivity contribution < 1.29 is 19.8 Å². The van der Waals surface area contributed by atoms with E-state index in [1.165, 1.54) is 0 Å². The van der Waals surface area contributed by atoms with Crippen LogP contribution < -0.4 is 0 Å². The van der Waals surface area contributed by atoms with E-state index in [0.29, 0.717) is 37.2 Å². The van der Waals surface area contributed by atoms with Crippen molar-refractivity contribution in [3.63, 3.8) is 0 Å². The first-order chi connectivity index (χ1) is 12.3. The number of hydrogen-bond donors (Lipinski definition) is 2. The van der Waals surface area contributed by atoms with E-state index in [9.17, 15) is 19.8 Å². The monoisotopic (exact) mass is 357 g/mol. The fraction of sp³-hybridized carbons (Fsp3) is 0.429. The van der Waals surface area contributed by atoms with Crippen LogP contribution in [0.3, 0.4) is 0 Å². The third-order valence-electron chi connectivity index (χ3n) is 5.52. The third-order valence-corrected chi connectivity index (χ3v) is 5.52. The van der Waals surface area contributed by atoms with Crippen LogP contribution in [0.2, 0.25) is 0 Å². The highest BCUT2D eigenvalue weighted by molar-refractivity contribution is 5.98. The van der Waals surface area contributed by atoms with E-state index in [2.05, 4.69) is 0 Å². The van der Waals surface area contributed by atoms with Crippen LogP contribution in [0.1, 0.15) is 46.1 Å². The molecule has 1 aliphatic rings. The minimum absolute atomic E-state index is 0.209. The van der Waals surface area contributed by atoms with Crippen molar-refractivity contribution in [1.29, 1.82) is 0 Å². The van der Waals surface area contributed by atoms with Crippen molar-refractivity contribution in [1.82, 2.24) is 4.90 Å². The van der Waals surface area contributed by atoms with E-state index in [0.717, 1.165) is 5.56 Å². The number of aliphatic carboxylic acids is 2. The summed E-state index contributed by atoms with van der Waals surface area (Å²) in [6, 6.07) is 9.77. The molecule has 0 saturated carbocycles. The molecule has 0 saturated heterocycles. The van der Waals surface area contributed by atoms with Crippen molar-refractivity contribution in [3.05, 3.63) is 58.4 Å². The van der Waals surface area contributed by atoms with Crippen LogP contribution in [-0.4, -0.2) is 33.6 Å². The number of carbonyl (C=O) groups is 2. The summed E-state index contributed by atoms with van der Waals surface area (Å²) in [6.07, 6.45) is 1.49. The first-order valence-corrected chi connectivity index (χ1v) is 9.00. The zero-order valence-corrected chi connectivity index (χ0v) is 15.9. The van der Waals surface area contributed by atoms with Crippen LogP contribution in [0.4, 0.5) is 0 Å². The van der Waals surface area contributed by atoms with Gasteiger partial charge in [-0.2, -0.15) is 0 Å². The maximum absolute atomic E-state index is 12.2. The van der Waals surface area contributed by atoms with E-state index >= 15 is 0 Å². The molecule has 0 aromatic heterocycles. The number of carboxylic acids is 2. The Bertz CT molecular complexity index is 723. The number of carboxylic acid groups (broad SMARTS) is 2. The molecular formula is C21H27NO4. The number of hydrogen-bond acceptors (Lipinski definition) is 3. The SMILES string of the molecule is CCN1C(C)=C(C(=O)O)C(CC)(CCc2ccccc2)C(C(=O)O)=C1C. The first-order valence-electron chi connectivity index (χ1n) is 9.00. The summed E-state index contributed by atoms with van der Waals surface area (Å²) in [7, 11) is 0. The number of rotatable bonds is 7. The molecule has 1 aliphatic heterocycles. The number of allylic oxidation sites excluding steroid dienone is 2. The molecular weight excluding hydrogens is 330 g/mol. The highest BCUT2D eigenvalue weighted by Crippen LogP contribution is 2.50. The molecule has 0 bridgehead atoms. The lowest BCUT2D eigenvalue weighted by molar-refractivity contribution is -0.135. The van der Waals surface area contributed by atoms with E-state index in [-0.39, 0.29) is 11.1 Å². The second kappa shape index (κ2) is 7.77. The summed E-state index contributed by atoms with van der Waals surface area (Å²) in [4.78, 5) is 26.2. The van der Waals surface area contributed by atoms with E-state index in [4.69, 9.17) is 0 Å². The van der Waals surface area contributed by atoms with E-state index < -0.39 is 17.4 Å². The van der Waals surface area contributed by atoms with Gasteiger partial charge in [0.15, 0.2) is 0 Å². The van der Waals surface area contributed by atoms with Crippen molar-refractivity contribution in [2.75, 3.05) is 6.54 Å². The molecule has 0 aliphatic carbocycles. The second-order valence-corrected chi connectivity index (χ2v) is 6.70. The van der Waals surface area contributed by atoms with Gasteiger partial charge in [0.2, 0.25) is 0 Å². The van der Waals surface area contributed by atoms with Crippen molar-refractivity contribution in [2.45, 2.75) is 47.0 Å². The standard InChI is InChI=1S/C21H27NO4/c1-5-21(13-12-16-10-8-7-9-11-16)17(19(23)24)14(3)22(6-2)15(4)18(21)20(25)26/h7-11H,5-6,12-13H2,1-4H3,(H,23,24)(H,25,26). The fourth-order valence-electron chi connectivity index (χ4n) is 4.32. The molecule has 0 fully saturated rings. The Hall–Kier alpha value is -2.56. The summed E-state index contributed by atoms with van der Waals surface area (Å²) < 4.78 is 0. The van der Waals surface area contributed by atoms with Crippen LogP contribution >= 0.6 is 0 Å². The van der Waals surface area contributed by atoms with Crippen LogP contribution in [0.25, 0.3) is 0 Å². The largest absolute Gasteiger partial charge is 0.478 e. The maximum Gasteiger partial charge on any atom is 0.334 e. The van der Waals surface area contributed by atoms with Gasteiger partial charge in [-0.3, -0.25) is 0 Å². The predicted octanol–water partition coefficient (Wildman–Crippen LogP) is 4.07. The molecule has 0 atom stereocenters. The van der Waals surface area contributed by atoms with Crippen LogP contribution in [0, 0.1) is 5.41 Å². The first kappa shape index (κ1) is 19.8. The molecule has 0 radical (unpaired) electrons. The fourth-order valence-corrected chi connectivity index (χ4v) is 4.32. The molecule has 5 nitrogen and oxygen atoms in total. The molecule has 0 unspecified atom stereocenters. The summed E-state index contributed by atoms with van der Waals surface area (Å²) in [5.41, 5.74) is 1.76. The minimum Gasteiger partial charge on any atom is -0.478 e. The maximum atomic E-state index is 12.2. The number of aryl methyl sites for hydroxylation is 1. The van der Waals surface area contributed by atoms with Crippen molar-refractivity contribution in [2.24, 2.45) is 5.41 Å². The normalized spacial score (nSPS) is 16.8. The smallest absolute Gasteiger partial charge is 0.334 e. The molecule has 140 valence electrons. The average molecular weight is 357 g/mol. The Morgan fingerprint density at radius 3 is 1.85 bits per heavy atom. The summed E-state index contributed by atoms with van der Waals surface area (Å²) in [6.45, 7) is 7.86. The van der Waals surface area contributed by atoms with Crippen LogP contribution in [-0.2, 0) is 16.0 Å². The highest BCUT2D eigenvalue weighted by Gasteiger charge is 2.48. The number of benzene rings is 1. The Kier molecular flexibility index (Phi) is 5.90. The Labute approximate surface area is 154 Å². The predicted molar refractivity (Wildman–Crippen MR) is 101 cm³/mol. The molecule has 1 aromatic carbocycles. The lowest BCUT2D eigenvalue weighted by Crippen LogP contribution is -2.43. The van der Waals surface area contributed by atoms with E-state index in [1.54, 1.807) is 18.7 Å². The van der Waals surface area contributed by atoms with Gasteiger partial charge in [-0.15, -0.1) is 0 Å². The second-order valence-electron chi connectivity index (χ2n) is 6.70. The van der Waals surface area contributed by atoms with Crippen molar-refractivity contribution in [3.8, 4) is 0 Å². The Balaban J connectivity index is 2.64. The lowest BCUT2D eigenvalue weighted by Gasteiger charge is -2.44. The van der Waals surface area contributed by atoms with E-state index in [1.807, 2.05) is 44.2 Å². The third kappa shape index (κ3) is 3.26. The molecule has 0 spiro atoms.